The molecule has 0 fully saturated rings. The van der Waals surface area contributed by atoms with Gasteiger partial charge in [-0.1, -0.05) is 29.8 Å². The molecule has 0 aliphatic heterocycles. The van der Waals surface area contributed by atoms with Crippen molar-refractivity contribution in [3.05, 3.63) is 65.3 Å². The van der Waals surface area contributed by atoms with Crippen LogP contribution in [0.15, 0.2) is 54.6 Å². The second-order valence-electron chi connectivity index (χ2n) is 5.14. The zero-order valence-corrected chi connectivity index (χ0v) is 13.4. The Kier molecular flexibility index (Phi) is 4.67. The predicted octanol–water partition coefficient (Wildman–Crippen LogP) is 2.69. The molecule has 3 aromatic rings. The molecule has 2 aromatic carbocycles. The van der Waals surface area contributed by atoms with Crippen LogP contribution >= 0.6 is 11.6 Å². The van der Waals surface area contributed by atoms with Crippen molar-refractivity contribution >= 4 is 40.0 Å². The molecule has 122 valence electrons. The van der Waals surface area contributed by atoms with Crippen molar-refractivity contribution in [1.82, 2.24) is 15.8 Å². The van der Waals surface area contributed by atoms with E-state index in [1.807, 2.05) is 30.3 Å². The van der Waals surface area contributed by atoms with E-state index in [-0.39, 0.29) is 12.5 Å². The van der Waals surface area contributed by atoms with Gasteiger partial charge in [0.2, 0.25) is 0 Å². The molecule has 7 heteroatoms. The minimum atomic E-state index is -0.435. The quantitative estimate of drug-likeness (QED) is 0.550. The molecule has 0 saturated carbocycles. The van der Waals surface area contributed by atoms with Crippen LogP contribution in [0.4, 0.5) is 5.69 Å². The van der Waals surface area contributed by atoms with E-state index >= 15 is 0 Å². The van der Waals surface area contributed by atoms with Crippen LogP contribution in [0.5, 0.6) is 0 Å². The van der Waals surface area contributed by atoms with Crippen LogP contribution in [0.25, 0.3) is 10.9 Å². The fraction of sp³-hybridized carbons (Fsp3) is 0.0588. The molecule has 0 atom stereocenters. The van der Waals surface area contributed by atoms with Gasteiger partial charge in [-0.05, 0) is 36.4 Å². The highest BCUT2D eigenvalue weighted by molar-refractivity contribution is 6.31. The standard InChI is InChI=1S/C17H15ClN4O2/c18-12-6-7-14-11(8-12)9-15(20-14)17(24)22-21-16(23)10-19-13-4-2-1-3-5-13/h1-9,19-20H,10H2,(H,21,23)(H,22,24). The Morgan fingerprint density at radius 2 is 1.79 bits per heavy atom. The number of aromatic nitrogens is 1. The maximum Gasteiger partial charge on any atom is 0.286 e. The zero-order chi connectivity index (χ0) is 16.9. The molecule has 3 rings (SSSR count). The lowest BCUT2D eigenvalue weighted by atomic mass is 10.2. The molecule has 0 unspecified atom stereocenters. The van der Waals surface area contributed by atoms with Gasteiger partial charge in [-0.15, -0.1) is 0 Å². The summed E-state index contributed by atoms with van der Waals surface area (Å²) in [6.45, 7) is 0.0482. The van der Waals surface area contributed by atoms with Crippen molar-refractivity contribution in [2.45, 2.75) is 0 Å². The topological polar surface area (TPSA) is 86.0 Å². The fourth-order valence-corrected chi connectivity index (χ4v) is 2.38. The van der Waals surface area contributed by atoms with E-state index in [0.717, 1.165) is 16.6 Å². The molecule has 0 bridgehead atoms. The number of nitrogens with one attached hydrogen (secondary N) is 4. The number of amides is 2. The predicted molar refractivity (Wildman–Crippen MR) is 93.8 cm³/mol. The normalized spacial score (nSPS) is 10.4. The van der Waals surface area contributed by atoms with E-state index in [1.165, 1.54) is 0 Å². The number of carbonyl (C=O) groups is 2. The number of para-hydroxylation sites is 1. The first kappa shape index (κ1) is 15.9. The van der Waals surface area contributed by atoms with Crippen molar-refractivity contribution in [2.24, 2.45) is 0 Å². The molecule has 0 radical (unpaired) electrons. The first-order valence-corrected chi connectivity index (χ1v) is 7.66. The summed E-state index contributed by atoms with van der Waals surface area (Å²) in [7, 11) is 0. The smallest absolute Gasteiger partial charge is 0.286 e. The van der Waals surface area contributed by atoms with E-state index in [9.17, 15) is 9.59 Å². The Hall–Kier alpha value is -2.99. The monoisotopic (exact) mass is 342 g/mol. The van der Waals surface area contributed by atoms with E-state index in [2.05, 4.69) is 21.2 Å². The van der Waals surface area contributed by atoms with Gasteiger partial charge in [0.15, 0.2) is 0 Å². The first-order valence-electron chi connectivity index (χ1n) is 7.28. The third-order valence-corrected chi connectivity index (χ3v) is 3.60. The van der Waals surface area contributed by atoms with Crippen LogP contribution in [0.2, 0.25) is 5.02 Å². The zero-order valence-electron chi connectivity index (χ0n) is 12.6. The SMILES string of the molecule is O=C(CNc1ccccc1)NNC(=O)c1cc2cc(Cl)ccc2[nH]1. The van der Waals surface area contributed by atoms with Gasteiger partial charge >= 0.3 is 0 Å². The number of aromatic amines is 1. The fourth-order valence-electron chi connectivity index (χ4n) is 2.20. The minimum Gasteiger partial charge on any atom is -0.376 e. The van der Waals surface area contributed by atoms with E-state index in [4.69, 9.17) is 11.6 Å². The number of hydrogen-bond acceptors (Lipinski definition) is 3. The molecular formula is C17H15ClN4O2. The summed E-state index contributed by atoms with van der Waals surface area (Å²) in [6.07, 6.45) is 0. The molecule has 6 nitrogen and oxygen atoms in total. The van der Waals surface area contributed by atoms with Crippen molar-refractivity contribution in [1.29, 1.82) is 0 Å². The second kappa shape index (κ2) is 7.06. The summed E-state index contributed by atoms with van der Waals surface area (Å²) in [5, 5.41) is 4.37. The first-order chi connectivity index (χ1) is 11.6. The average molecular weight is 343 g/mol. The molecule has 1 aromatic heterocycles. The van der Waals surface area contributed by atoms with Gasteiger partial charge in [0.1, 0.15) is 5.69 Å². The summed E-state index contributed by atoms with van der Waals surface area (Å²) in [4.78, 5) is 26.8. The van der Waals surface area contributed by atoms with Crippen molar-refractivity contribution in [3.63, 3.8) is 0 Å². The molecule has 24 heavy (non-hydrogen) atoms. The lowest BCUT2D eigenvalue weighted by Crippen LogP contribution is -2.44. The maximum atomic E-state index is 12.1. The number of hydrazine groups is 1. The van der Waals surface area contributed by atoms with Crippen LogP contribution in [0.1, 0.15) is 10.5 Å². The summed E-state index contributed by atoms with van der Waals surface area (Å²) in [5.41, 5.74) is 6.68. The van der Waals surface area contributed by atoms with Crippen LogP contribution in [-0.4, -0.2) is 23.3 Å². The second-order valence-corrected chi connectivity index (χ2v) is 5.57. The molecular weight excluding hydrogens is 328 g/mol. The maximum absolute atomic E-state index is 12.1. The number of anilines is 1. The van der Waals surface area contributed by atoms with Gasteiger partial charge in [0.25, 0.3) is 11.8 Å². The molecule has 4 N–H and O–H groups in total. The van der Waals surface area contributed by atoms with Crippen LogP contribution in [0, 0.1) is 0 Å². The number of carbonyl (C=O) groups excluding carboxylic acids is 2. The Morgan fingerprint density at radius 1 is 1.00 bits per heavy atom. The summed E-state index contributed by atoms with van der Waals surface area (Å²) >= 11 is 5.92. The van der Waals surface area contributed by atoms with E-state index in [1.54, 1.807) is 24.3 Å². The van der Waals surface area contributed by atoms with Gasteiger partial charge in [0, 0.05) is 21.6 Å². The van der Waals surface area contributed by atoms with Gasteiger partial charge < -0.3 is 10.3 Å². The van der Waals surface area contributed by atoms with Gasteiger partial charge in [-0.25, -0.2) is 0 Å². The third kappa shape index (κ3) is 3.85. The van der Waals surface area contributed by atoms with Crippen molar-refractivity contribution in [2.75, 3.05) is 11.9 Å². The van der Waals surface area contributed by atoms with Crippen molar-refractivity contribution in [3.8, 4) is 0 Å². The van der Waals surface area contributed by atoms with Gasteiger partial charge in [-0.3, -0.25) is 20.4 Å². The van der Waals surface area contributed by atoms with Crippen LogP contribution in [0.3, 0.4) is 0 Å². The van der Waals surface area contributed by atoms with Crippen LogP contribution < -0.4 is 16.2 Å². The van der Waals surface area contributed by atoms with Crippen molar-refractivity contribution < 1.29 is 9.59 Å². The average Bonchev–Trinajstić information content (AvgIpc) is 3.02. The Balaban J connectivity index is 1.53. The summed E-state index contributed by atoms with van der Waals surface area (Å²) in [6, 6.07) is 16.3. The highest BCUT2D eigenvalue weighted by Gasteiger charge is 2.10. The highest BCUT2D eigenvalue weighted by atomic mass is 35.5. The third-order valence-electron chi connectivity index (χ3n) is 3.37. The Morgan fingerprint density at radius 3 is 2.58 bits per heavy atom. The number of rotatable bonds is 4. The molecule has 0 aliphatic rings. The number of fused-ring (bicyclic) bond motifs is 1. The molecule has 2 amide bonds. The molecule has 1 heterocycles. The van der Waals surface area contributed by atoms with E-state index in [0.29, 0.717) is 10.7 Å². The molecule has 0 aliphatic carbocycles. The summed E-state index contributed by atoms with van der Waals surface area (Å²) in [5.74, 6) is -0.790. The highest BCUT2D eigenvalue weighted by Crippen LogP contribution is 2.19. The largest absolute Gasteiger partial charge is 0.376 e. The minimum absolute atomic E-state index is 0.0482. The number of hydrogen-bond donors (Lipinski definition) is 4. The lowest BCUT2D eigenvalue weighted by Gasteiger charge is -2.08. The Bertz CT molecular complexity index is 877. The molecule has 0 spiro atoms. The number of halogens is 1. The lowest BCUT2D eigenvalue weighted by molar-refractivity contribution is -0.120. The number of benzene rings is 2. The number of H-pyrrole nitrogens is 1. The molecule has 0 saturated heterocycles. The van der Waals surface area contributed by atoms with Gasteiger partial charge in [-0.2, -0.15) is 0 Å². The summed E-state index contributed by atoms with van der Waals surface area (Å²) < 4.78 is 0. The van der Waals surface area contributed by atoms with Gasteiger partial charge in [0.05, 0.1) is 6.54 Å². The Labute approximate surface area is 143 Å². The van der Waals surface area contributed by atoms with E-state index < -0.39 is 5.91 Å². The van der Waals surface area contributed by atoms with Crippen LogP contribution in [-0.2, 0) is 4.79 Å².